The zero-order valence-electron chi connectivity index (χ0n) is 14.3. The summed E-state index contributed by atoms with van der Waals surface area (Å²) in [5, 5.41) is 9.62. The van der Waals surface area contributed by atoms with E-state index in [1.165, 1.54) is 18.7 Å². The maximum atomic E-state index is 12.9. The molecule has 0 amide bonds. The second-order valence-electron chi connectivity index (χ2n) is 5.63. The number of carbonyl (C=O) groups is 1. The summed E-state index contributed by atoms with van der Waals surface area (Å²) in [5.74, 6) is 0.876. The zero-order chi connectivity index (χ0) is 17.8. The molecule has 0 radical (unpaired) electrons. The molecule has 0 fully saturated rings. The third kappa shape index (κ3) is 3.59. The maximum Gasteiger partial charge on any atom is 0.262 e. The van der Waals surface area contributed by atoms with Crippen molar-refractivity contribution in [2.45, 2.75) is 32.0 Å². The number of benzene rings is 1. The molecule has 25 heavy (non-hydrogen) atoms. The van der Waals surface area contributed by atoms with Crippen molar-refractivity contribution in [2.75, 3.05) is 19.0 Å². The molecule has 8 heteroatoms. The monoisotopic (exact) mass is 360 g/mol. The Bertz CT molecular complexity index is 964. The molecule has 0 N–H and O–H groups in total. The van der Waals surface area contributed by atoms with Gasteiger partial charge in [-0.15, -0.1) is 10.2 Å². The Balaban J connectivity index is 2.12. The highest BCUT2D eigenvalue weighted by Crippen LogP contribution is 2.21. The first-order chi connectivity index (χ1) is 12.1. The molecular weight excluding hydrogens is 340 g/mol. The minimum Gasteiger partial charge on any atom is -0.382 e. The summed E-state index contributed by atoms with van der Waals surface area (Å²) >= 11 is 1.33. The van der Waals surface area contributed by atoms with Gasteiger partial charge in [-0.3, -0.25) is 18.6 Å². The molecule has 7 nitrogen and oxygen atoms in total. The number of ether oxygens (including phenoxy) is 1. The number of Topliss-reactive ketones (excluding diaryl/α,β-unsaturated/α-hetero) is 1. The normalized spacial score (nSPS) is 11.4. The molecule has 3 rings (SSSR count). The average molecular weight is 360 g/mol. The molecule has 0 unspecified atom stereocenters. The number of para-hydroxylation sites is 1. The van der Waals surface area contributed by atoms with Crippen LogP contribution < -0.4 is 5.56 Å². The third-order valence-electron chi connectivity index (χ3n) is 3.76. The highest BCUT2D eigenvalue weighted by Gasteiger charge is 2.16. The Morgan fingerprint density at radius 3 is 2.84 bits per heavy atom. The highest BCUT2D eigenvalue weighted by molar-refractivity contribution is 7.99. The minimum absolute atomic E-state index is 0.0658. The smallest absolute Gasteiger partial charge is 0.262 e. The van der Waals surface area contributed by atoms with Crippen LogP contribution in [0.3, 0.4) is 0 Å². The SMILES string of the molecule is CCOCCCn1c(=O)c2ccccc2n2c(SCC(C)=O)nnc12. The molecule has 0 aliphatic rings. The van der Waals surface area contributed by atoms with E-state index in [0.717, 1.165) is 5.52 Å². The lowest BCUT2D eigenvalue weighted by molar-refractivity contribution is -0.114. The lowest BCUT2D eigenvalue weighted by Crippen LogP contribution is -2.24. The van der Waals surface area contributed by atoms with Crippen LogP contribution in [0.15, 0.2) is 34.2 Å². The van der Waals surface area contributed by atoms with Crippen LogP contribution in [0.25, 0.3) is 16.7 Å². The van der Waals surface area contributed by atoms with E-state index in [-0.39, 0.29) is 11.3 Å². The van der Waals surface area contributed by atoms with Gasteiger partial charge in [0, 0.05) is 19.8 Å². The van der Waals surface area contributed by atoms with Crippen LogP contribution in [0, 0.1) is 0 Å². The fraction of sp³-hybridized carbons (Fsp3) is 0.412. The van der Waals surface area contributed by atoms with Gasteiger partial charge >= 0.3 is 0 Å². The van der Waals surface area contributed by atoms with Crippen molar-refractivity contribution in [1.82, 2.24) is 19.2 Å². The van der Waals surface area contributed by atoms with Gasteiger partial charge in [0.05, 0.1) is 16.7 Å². The number of ketones is 1. The predicted octanol–water partition coefficient (Wildman–Crippen LogP) is 2.15. The summed E-state index contributed by atoms with van der Waals surface area (Å²) in [6, 6.07) is 7.39. The quantitative estimate of drug-likeness (QED) is 0.452. The van der Waals surface area contributed by atoms with E-state index in [0.29, 0.717) is 48.3 Å². The van der Waals surface area contributed by atoms with Crippen LogP contribution in [-0.2, 0) is 16.1 Å². The number of nitrogens with zero attached hydrogens (tertiary/aromatic N) is 4. The first-order valence-corrected chi connectivity index (χ1v) is 9.18. The van der Waals surface area contributed by atoms with Crippen molar-refractivity contribution < 1.29 is 9.53 Å². The summed E-state index contributed by atoms with van der Waals surface area (Å²) in [6.45, 7) is 5.22. The van der Waals surface area contributed by atoms with E-state index < -0.39 is 0 Å². The first kappa shape index (κ1) is 17.6. The number of rotatable bonds is 8. The minimum atomic E-state index is -0.0879. The van der Waals surface area contributed by atoms with Gasteiger partial charge in [-0.1, -0.05) is 23.9 Å². The molecule has 0 saturated heterocycles. The number of thioether (sulfide) groups is 1. The third-order valence-corrected chi connectivity index (χ3v) is 4.83. The Morgan fingerprint density at radius 2 is 2.08 bits per heavy atom. The van der Waals surface area contributed by atoms with Crippen LogP contribution in [0.1, 0.15) is 20.3 Å². The molecule has 0 spiro atoms. The lowest BCUT2D eigenvalue weighted by atomic mass is 10.2. The summed E-state index contributed by atoms with van der Waals surface area (Å²) in [6.07, 6.45) is 0.713. The molecular formula is C17H20N4O3S. The van der Waals surface area contributed by atoms with E-state index >= 15 is 0 Å². The summed E-state index contributed by atoms with van der Waals surface area (Å²) in [5.41, 5.74) is 0.662. The van der Waals surface area contributed by atoms with Crippen molar-refractivity contribution >= 4 is 34.2 Å². The standard InChI is InChI=1S/C17H20N4O3S/c1-3-24-10-6-9-20-15(23)13-7-4-5-8-14(13)21-16(20)18-19-17(21)25-11-12(2)22/h4-5,7-8H,3,6,9-11H2,1-2H3. The van der Waals surface area contributed by atoms with Gasteiger partial charge in [-0.05, 0) is 32.4 Å². The predicted molar refractivity (Wildman–Crippen MR) is 97.3 cm³/mol. The topological polar surface area (TPSA) is 78.5 Å². The second-order valence-corrected chi connectivity index (χ2v) is 6.58. The van der Waals surface area contributed by atoms with Crippen LogP contribution in [0.2, 0.25) is 0 Å². The van der Waals surface area contributed by atoms with Gasteiger partial charge in [0.2, 0.25) is 5.78 Å². The molecule has 1 aromatic carbocycles. The summed E-state index contributed by atoms with van der Waals surface area (Å²) in [7, 11) is 0. The number of hydrogen-bond donors (Lipinski definition) is 0. The van der Waals surface area contributed by atoms with Gasteiger partial charge in [0.15, 0.2) is 5.16 Å². The highest BCUT2D eigenvalue weighted by atomic mass is 32.2. The fourth-order valence-electron chi connectivity index (χ4n) is 2.66. The molecule has 132 valence electrons. The Morgan fingerprint density at radius 1 is 1.28 bits per heavy atom. The molecule has 0 bridgehead atoms. The second kappa shape index (κ2) is 7.79. The Hall–Kier alpha value is -2.19. The van der Waals surface area contributed by atoms with Crippen LogP contribution >= 0.6 is 11.8 Å². The zero-order valence-corrected chi connectivity index (χ0v) is 15.1. The van der Waals surface area contributed by atoms with Crippen molar-refractivity contribution in [3.05, 3.63) is 34.6 Å². The van der Waals surface area contributed by atoms with Gasteiger partial charge < -0.3 is 4.74 Å². The van der Waals surface area contributed by atoms with Crippen molar-refractivity contribution in [3.63, 3.8) is 0 Å². The number of aryl methyl sites for hydroxylation is 1. The summed E-state index contributed by atoms with van der Waals surface area (Å²) in [4.78, 5) is 24.2. The fourth-order valence-corrected chi connectivity index (χ4v) is 3.40. The molecule has 3 aromatic rings. The van der Waals surface area contributed by atoms with Crippen LogP contribution in [0.5, 0.6) is 0 Å². The number of aromatic nitrogens is 4. The number of carbonyl (C=O) groups excluding carboxylic acids is 1. The maximum absolute atomic E-state index is 12.9. The Kier molecular flexibility index (Phi) is 5.50. The lowest BCUT2D eigenvalue weighted by Gasteiger charge is -2.11. The Labute approximate surface area is 149 Å². The molecule has 0 saturated carbocycles. The molecule has 2 aromatic heterocycles. The van der Waals surface area contributed by atoms with Crippen LogP contribution in [-0.4, -0.2) is 43.9 Å². The first-order valence-electron chi connectivity index (χ1n) is 8.20. The van der Waals surface area contributed by atoms with Crippen LogP contribution in [0.4, 0.5) is 0 Å². The molecule has 2 heterocycles. The molecule has 0 atom stereocenters. The van der Waals surface area contributed by atoms with Crippen molar-refractivity contribution in [3.8, 4) is 0 Å². The molecule has 0 aliphatic carbocycles. The van der Waals surface area contributed by atoms with E-state index in [9.17, 15) is 9.59 Å². The van der Waals surface area contributed by atoms with E-state index in [2.05, 4.69) is 10.2 Å². The van der Waals surface area contributed by atoms with Crippen molar-refractivity contribution in [1.29, 1.82) is 0 Å². The van der Waals surface area contributed by atoms with Gasteiger partial charge in [0.1, 0.15) is 5.78 Å². The van der Waals surface area contributed by atoms with E-state index in [1.807, 2.05) is 29.5 Å². The van der Waals surface area contributed by atoms with Gasteiger partial charge in [0.25, 0.3) is 5.56 Å². The summed E-state index contributed by atoms with van der Waals surface area (Å²) < 4.78 is 8.85. The number of fused-ring (bicyclic) bond motifs is 3. The van der Waals surface area contributed by atoms with Gasteiger partial charge in [-0.25, -0.2) is 0 Å². The van der Waals surface area contributed by atoms with E-state index in [1.54, 1.807) is 10.6 Å². The average Bonchev–Trinajstić information content (AvgIpc) is 3.03. The largest absolute Gasteiger partial charge is 0.382 e. The molecule has 0 aliphatic heterocycles. The van der Waals surface area contributed by atoms with E-state index in [4.69, 9.17) is 4.74 Å². The number of hydrogen-bond acceptors (Lipinski definition) is 6. The van der Waals surface area contributed by atoms with Crippen molar-refractivity contribution in [2.24, 2.45) is 0 Å². The van der Waals surface area contributed by atoms with Gasteiger partial charge in [-0.2, -0.15) is 0 Å².